The maximum absolute atomic E-state index is 11.4. The first-order valence-electron chi connectivity index (χ1n) is 6.76. The van der Waals surface area contributed by atoms with E-state index in [1.54, 1.807) is 6.92 Å². The summed E-state index contributed by atoms with van der Waals surface area (Å²) >= 11 is 0. The number of piperidine rings is 1. The lowest BCUT2D eigenvalue weighted by Gasteiger charge is -2.45. The SMILES string of the molecule is CC(=O)N1CCC2(CC1)CNCc1ccccc12.Cl. The van der Waals surface area contributed by atoms with Crippen LogP contribution < -0.4 is 5.32 Å². The minimum Gasteiger partial charge on any atom is -0.343 e. The zero-order chi connectivity index (χ0) is 12.6. The molecule has 3 rings (SSSR count). The molecule has 2 aliphatic rings. The van der Waals surface area contributed by atoms with Crippen molar-refractivity contribution in [2.24, 2.45) is 0 Å². The Balaban J connectivity index is 0.00000133. The van der Waals surface area contributed by atoms with Gasteiger partial charge in [-0.05, 0) is 24.0 Å². The zero-order valence-electron chi connectivity index (χ0n) is 11.3. The van der Waals surface area contributed by atoms with Crippen LogP contribution in [-0.4, -0.2) is 30.4 Å². The molecule has 1 aromatic carbocycles. The average Bonchev–Trinajstić information content (AvgIpc) is 2.40. The molecule has 2 heterocycles. The molecule has 3 nitrogen and oxygen atoms in total. The summed E-state index contributed by atoms with van der Waals surface area (Å²) < 4.78 is 0. The fraction of sp³-hybridized carbons (Fsp3) is 0.533. The number of nitrogens with zero attached hydrogens (tertiary/aromatic N) is 1. The topological polar surface area (TPSA) is 32.3 Å². The van der Waals surface area contributed by atoms with Gasteiger partial charge in [-0.2, -0.15) is 0 Å². The zero-order valence-corrected chi connectivity index (χ0v) is 12.1. The number of nitrogens with one attached hydrogen (secondary N) is 1. The highest BCUT2D eigenvalue weighted by Gasteiger charge is 2.39. The molecule has 0 atom stereocenters. The number of amides is 1. The first-order valence-corrected chi connectivity index (χ1v) is 6.76. The number of carbonyl (C=O) groups excluding carboxylic acids is 1. The number of benzene rings is 1. The summed E-state index contributed by atoms with van der Waals surface area (Å²) in [5.41, 5.74) is 3.19. The van der Waals surface area contributed by atoms with Crippen molar-refractivity contribution in [3.05, 3.63) is 35.4 Å². The molecule has 19 heavy (non-hydrogen) atoms. The van der Waals surface area contributed by atoms with Gasteiger partial charge >= 0.3 is 0 Å². The third-order valence-corrected chi connectivity index (χ3v) is 4.53. The second kappa shape index (κ2) is 5.51. The monoisotopic (exact) mass is 280 g/mol. The molecule has 0 bridgehead atoms. The van der Waals surface area contributed by atoms with Crippen molar-refractivity contribution >= 4 is 18.3 Å². The molecule has 4 heteroatoms. The van der Waals surface area contributed by atoms with Crippen molar-refractivity contribution in [1.82, 2.24) is 10.2 Å². The third kappa shape index (κ3) is 2.49. The normalized spacial score (nSPS) is 20.6. The molecule has 0 aromatic heterocycles. The molecule has 1 aromatic rings. The van der Waals surface area contributed by atoms with Crippen molar-refractivity contribution in [2.75, 3.05) is 19.6 Å². The van der Waals surface area contributed by atoms with Gasteiger partial charge in [0.25, 0.3) is 0 Å². The number of hydrogen-bond donors (Lipinski definition) is 1. The van der Waals surface area contributed by atoms with Crippen molar-refractivity contribution in [3.8, 4) is 0 Å². The number of fused-ring (bicyclic) bond motifs is 2. The van der Waals surface area contributed by atoms with Crippen molar-refractivity contribution in [2.45, 2.75) is 31.7 Å². The van der Waals surface area contributed by atoms with E-state index in [1.807, 2.05) is 4.90 Å². The Labute approximate surface area is 120 Å². The van der Waals surface area contributed by atoms with E-state index < -0.39 is 0 Å². The minimum atomic E-state index is 0. The highest BCUT2D eigenvalue weighted by atomic mass is 35.5. The number of rotatable bonds is 0. The molecular weight excluding hydrogens is 260 g/mol. The number of halogens is 1. The number of carbonyl (C=O) groups is 1. The van der Waals surface area contributed by atoms with E-state index in [9.17, 15) is 4.79 Å². The molecule has 1 saturated heterocycles. The van der Waals surface area contributed by atoms with Crippen molar-refractivity contribution in [1.29, 1.82) is 0 Å². The molecule has 1 amide bonds. The van der Waals surface area contributed by atoms with Crippen molar-refractivity contribution < 1.29 is 4.79 Å². The summed E-state index contributed by atoms with van der Waals surface area (Å²) in [7, 11) is 0. The number of likely N-dealkylation sites (tertiary alicyclic amines) is 1. The molecule has 0 aliphatic carbocycles. The van der Waals surface area contributed by atoms with Crippen LogP contribution in [0.3, 0.4) is 0 Å². The van der Waals surface area contributed by atoms with Gasteiger partial charge in [0.15, 0.2) is 0 Å². The highest BCUT2D eigenvalue weighted by molar-refractivity contribution is 5.85. The van der Waals surface area contributed by atoms with Crippen LogP contribution in [0.15, 0.2) is 24.3 Å². The molecule has 0 unspecified atom stereocenters. The lowest BCUT2D eigenvalue weighted by atomic mass is 9.69. The summed E-state index contributed by atoms with van der Waals surface area (Å²) in [6, 6.07) is 8.76. The fourth-order valence-electron chi connectivity index (χ4n) is 3.42. The van der Waals surface area contributed by atoms with E-state index in [4.69, 9.17) is 0 Å². The smallest absolute Gasteiger partial charge is 0.219 e. The van der Waals surface area contributed by atoms with Gasteiger partial charge in [-0.25, -0.2) is 0 Å². The van der Waals surface area contributed by atoms with Crippen LogP contribution in [0.4, 0.5) is 0 Å². The summed E-state index contributed by atoms with van der Waals surface area (Å²) in [6.45, 7) is 5.49. The molecule has 2 aliphatic heterocycles. The summed E-state index contributed by atoms with van der Waals surface area (Å²) in [5, 5.41) is 3.54. The van der Waals surface area contributed by atoms with Crippen LogP contribution in [0.5, 0.6) is 0 Å². The predicted molar refractivity (Wildman–Crippen MR) is 78.6 cm³/mol. The molecule has 1 fully saturated rings. The van der Waals surface area contributed by atoms with E-state index in [1.165, 1.54) is 11.1 Å². The molecular formula is C15H21ClN2O. The van der Waals surface area contributed by atoms with Gasteiger partial charge in [-0.3, -0.25) is 4.79 Å². The Kier molecular flexibility index (Phi) is 4.16. The van der Waals surface area contributed by atoms with Gasteiger partial charge in [0.1, 0.15) is 0 Å². The van der Waals surface area contributed by atoms with Gasteiger partial charge in [0.2, 0.25) is 5.91 Å². The van der Waals surface area contributed by atoms with Gasteiger partial charge in [0.05, 0.1) is 0 Å². The number of hydrogen-bond acceptors (Lipinski definition) is 2. The van der Waals surface area contributed by atoms with Crippen LogP contribution >= 0.6 is 12.4 Å². The Bertz CT molecular complexity index is 467. The van der Waals surface area contributed by atoms with Crippen LogP contribution in [0, 0.1) is 0 Å². The van der Waals surface area contributed by atoms with Crippen molar-refractivity contribution in [3.63, 3.8) is 0 Å². The highest BCUT2D eigenvalue weighted by Crippen LogP contribution is 2.39. The lowest BCUT2D eigenvalue weighted by molar-refractivity contribution is -0.130. The van der Waals surface area contributed by atoms with Crippen LogP contribution in [0.2, 0.25) is 0 Å². The Morgan fingerprint density at radius 1 is 1.26 bits per heavy atom. The quantitative estimate of drug-likeness (QED) is 0.789. The fourth-order valence-corrected chi connectivity index (χ4v) is 3.42. The van der Waals surface area contributed by atoms with Crippen LogP contribution in [-0.2, 0) is 16.8 Å². The van der Waals surface area contributed by atoms with E-state index in [0.29, 0.717) is 0 Å². The Hall–Kier alpha value is -1.06. The summed E-state index contributed by atoms with van der Waals surface area (Å²) in [4.78, 5) is 13.4. The summed E-state index contributed by atoms with van der Waals surface area (Å²) in [5.74, 6) is 0.210. The summed E-state index contributed by atoms with van der Waals surface area (Å²) in [6.07, 6.45) is 2.16. The second-order valence-electron chi connectivity index (χ2n) is 5.55. The molecule has 104 valence electrons. The first-order chi connectivity index (χ1) is 8.71. The molecule has 0 saturated carbocycles. The second-order valence-corrected chi connectivity index (χ2v) is 5.55. The Morgan fingerprint density at radius 3 is 2.63 bits per heavy atom. The van der Waals surface area contributed by atoms with Gasteiger partial charge in [0, 0.05) is 38.5 Å². The Morgan fingerprint density at radius 2 is 1.95 bits per heavy atom. The maximum atomic E-state index is 11.4. The average molecular weight is 281 g/mol. The molecule has 1 N–H and O–H groups in total. The van der Waals surface area contributed by atoms with Crippen LogP contribution in [0.25, 0.3) is 0 Å². The van der Waals surface area contributed by atoms with Gasteiger partial charge in [-0.1, -0.05) is 24.3 Å². The minimum absolute atomic E-state index is 0. The lowest BCUT2D eigenvalue weighted by Crippen LogP contribution is -2.51. The largest absolute Gasteiger partial charge is 0.343 e. The molecule has 1 spiro atoms. The molecule has 0 radical (unpaired) electrons. The third-order valence-electron chi connectivity index (χ3n) is 4.53. The van der Waals surface area contributed by atoms with E-state index in [0.717, 1.165) is 39.0 Å². The van der Waals surface area contributed by atoms with E-state index in [-0.39, 0.29) is 23.7 Å². The standard InChI is InChI=1S/C15H20N2O.ClH/c1-12(18)17-8-6-15(7-9-17)11-16-10-13-4-2-3-5-14(13)15;/h2-5,16H,6-11H2,1H3;1H. The first kappa shape index (κ1) is 14.4. The predicted octanol–water partition coefficient (Wildman–Crippen LogP) is 2.09. The van der Waals surface area contributed by atoms with E-state index >= 15 is 0 Å². The van der Waals surface area contributed by atoms with Crippen LogP contribution in [0.1, 0.15) is 30.9 Å². The van der Waals surface area contributed by atoms with Gasteiger partial charge < -0.3 is 10.2 Å². The maximum Gasteiger partial charge on any atom is 0.219 e. The van der Waals surface area contributed by atoms with Gasteiger partial charge in [-0.15, -0.1) is 12.4 Å². The van der Waals surface area contributed by atoms with E-state index in [2.05, 4.69) is 29.6 Å².